The third-order valence-electron chi connectivity index (χ3n) is 4.54. The Morgan fingerprint density at radius 2 is 1.74 bits per heavy atom. The summed E-state index contributed by atoms with van der Waals surface area (Å²) in [5, 5.41) is 14.6. The van der Waals surface area contributed by atoms with Crippen molar-refractivity contribution in [1.29, 1.82) is 0 Å². The molecule has 3 rings (SSSR count). The Morgan fingerprint density at radius 1 is 1.06 bits per heavy atom. The van der Waals surface area contributed by atoms with Gasteiger partial charge >= 0.3 is 0 Å². The van der Waals surface area contributed by atoms with Gasteiger partial charge in [0.2, 0.25) is 16.9 Å². The molecule has 9 heteroatoms. The van der Waals surface area contributed by atoms with Gasteiger partial charge < -0.3 is 10.1 Å². The second kappa shape index (κ2) is 10.1. The second-order valence-electron chi connectivity index (χ2n) is 7.22. The van der Waals surface area contributed by atoms with Crippen molar-refractivity contribution in [3.05, 3.63) is 59.9 Å². The Morgan fingerprint density at radius 3 is 2.35 bits per heavy atom. The van der Waals surface area contributed by atoms with E-state index in [2.05, 4.69) is 20.8 Å². The number of carbonyl (C=O) groups is 2. The SMILES string of the molecule is COc1ccc(-c2nnc(NC(=O)C(NC(=O)Cc3ccc(F)cc3)C(C)C)s2)cc1. The minimum Gasteiger partial charge on any atom is -0.497 e. The zero-order valence-electron chi connectivity index (χ0n) is 17.4. The van der Waals surface area contributed by atoms with Crippen LogP contribution < -0.4 is 15.4 Å². The first kappa shape index (κ1) is 22.4. The summed E-state index contributed by atoms with van der Waals surface area (Å²) in [6.45, 7) is 3.68. The van der Waals surface area contributed by atoms with E-state index in [1.807, 2.05) is 38.1 Å². The molecular formula is C22H23FN4O3S. The highest BCUT2D eigenvalue weighted by Crippen LogP contribution is 2.28. The van der Waals surface area contributed by atoms with E-state index in [0.29, 0.717) is 15.7 Å². The molecule has 31 heavy (non-hydrogen) atoms. The predicted octanol–water partition coefficient (Wildman–Crippen LogP) is 3.67. The van der Waals surface area contributed by atoms with Crippen LogP contribution in [0.1, 0.15) is 19.4 Å². The summed E-state index contributed by atoms with van der Waals surface area (Å²) >= 11 is 1.24. The number of amides is 2. The van der Waals surface area contributed by atoms with Gasteiger partial charge in [-0.25, -0.2) is 4.39 Å². The van der Waals surface area contributed by atoms with Crippen LogP contribution in [0.3, 0.4) is 0 Å². The summed E-state index contributed by atoms with van der Waals surface area (Å²) < 4.78 is 18.2. The van der Waals surface area contributed by atoms with Gasteiger partial charge in [0.25, 0.3) is 0 Å². The van der Waals surface area contributed by atoms with Gasteiger partial charge in [0.15, 0.2) is 0 Å². The van der Waals surface area contributed by atoms with Crippen molar-refractivity contribution >= 4 is 28.3 Å². The molecule has 1 aromatic heterocycles. The van der Waals surface area contributed by atoms with Crippen molar-refractivity contribution in [3.63, 3.8) is 0 Å². The van der Waals surface area contributed by atoms with Crippen molar-refractivity contribution in [2.75, 3.05) is 12.4 Å². The van der Waals surface area contributed by atoms with E-state index in [9.17, 15) is 14.0 Å². The number of nitrogens with zero attached hydrogens (tertiary/aromatic N) is 2. The lowest BCUT2D eigenvalue weighted by molar-refractivity contribution is -0.127. The molecule has 1 atom stereocenters. The molecule has 2 N–H and O–H groups in total. The predicted molar refractivity (Wildman–Crippen MR) is 117 cm³/mol. The normalized spacial score (nSPS) is 11.8. The average molecular weight is 443 g/mol. The minimum absolute atomic E-state index is 0.0528. The number of halogens is 1. The molecule has 2 aromatic carbocycles. The zero-order chi connectivity index (χ0) is 22.4. The number of ether oxygens (including phenoxy) is 1. The van der Waals surface area contributed by atoms with E-state index >= 15 is 0 Å². The Hall–Kier alpha value is -3.33. The fourth-order valence-corrected chi connectivity index (χ4v) is 3.61. The molecule has 2 amide bonds. The smallest absolute Gasteiger partial charge is 0.249 e. The number of benzene rings is 2. The zero-order valence-corrected chi connectivity index (χ0v) is 18.2. The molecule has 0 saturated carbocycles. The van der Waals surface area contributed by atoms with Crippen molar-refractivity contribution in [2.45, 2.75) is 26.3 Å². The number of hydrogen-bond acceptors (Lipinski definition) is 6. The summed E-state index contributed by atoms with van der Waals surface area (Å²) in [6.07, 6.45) is 0.0528. The highest BCUT2D eigenvalue weighted by molar-refractivity contribution is 7.18. The number of nitrogens with one attached hydrogen (secondary N) is 2. The van der Waals surface area contributed by atoms with E-state index in [0.717, 1.165) is 11.3 Å². The lowest BCUT2D eigenvalue weighted by Crippen LogP contribution is -2.47. The van der Waals surface area contributed by atoms with Gasteiger partial charge in [-0.1, -0.05) is 37.3 Å². The quantitative estimate of drug-likeness (QED) is 0.555. The second-order valence-corrected chi connectivity index (χ2v) is 8.20. The molecule has 1 unspecified atom stereocenters. The third kappa shape index (κ3) is 6.08. The molecule has 0 saturated heterocycles. The van der Waals surface area contributed by atoms with Gasteiger partial charge in [-0.2, -0.15) is 0 Å². The summed E-state index contributed by atoms with van der Waals surface area (Å²) in [5.74, 6) is -0.477. The van der Waals surface area contributed by atoms with Crippen LogP contribution in [0.4, 0.5) is 9.52 Å². The third-order valence-corrected chi connectivity index (χ3v) is 5.42. The van der Waals surface area contributed by atoms with E-state index in [1.54, 1.807) is 19.2 Å². The van der Waals surface area contributed by atoms with E-state index in [1.165, 1.54) is 23.5 Å². The Balaban J connectivity index is 1.63. The molecule has 0 spiro atoms. The average Bonchev–Trinajstić information content (AvgIpc) is 3.22. The first-order valence-electron chi connectivity index (χ1n) is 9.68. The van der Waals surface area contributed by atoms with Crippen LogP contribution in [0.15, 0.2) is 48.5 Å². The van der Waals surface area contributed by atoms with Gasteiger partial charge in [-0.15, -0.1) is 10.2 Å². The molecule has 0 fully saturated rings. The fraction of sp³-hybridized carbons (Fsp3) is 0.273. The van der Waals surface area contributed by atoms with Crippen LogP contribution in [0.2, 0.25) is 0 Å². The number of methoxy groups -OCH3 is 1. The molecule has 7 nitrogen and oxygen atoms in total. The summed E-state index contributed by atoms with van der Waals surface area (Å²) in [5.41, 5.74) is 1.52. The van der Waals surface area contributed by atoms with Gasteiger partial charge in [0.1, 0.15) is 22.6 Å². The van der Waals surface area contributed by atoms with Gasteiger partial charge in [-0.05, 0) is 47.9 Å². The van der Waals surface area contributed by atoms with Crippen LogP contribution in [-0.4, -0.2) is 35.2 Å². The standard InChI is InChI=1S/C22H23FN4O3S/c1-13(2)19(24-18(28)12-14-4-8-16(23)9-5-14)20(29)25-22-27-26-21(31-22)15-6-10-17(30-3)11-7-15/h4-11,13,19H,12H2,1-3H3,(H,24,28)(H,25,27,29). The first-order valence-corrected chi connectivity index (χ1v) is 10.5. The van der Waals surface area contributed by atoms with E-state index in [-0.39, 0.29) is 30.0 Å². The Kier molecular flexibility index (Phi) is 7.30. The van der Waals surface area contributed by atoms with Gasteiger partial charge in [-0.3, -0.25) is 14.9 Å². The maximum Gasteiger partial charge on any atom is 0.249 e. The maximum absolute atomic E-state index is 13.0. The maximum atomic E-state index is 13.0. The summed E-state index contributed by atoms with van der Waals surface area (Å²) in [7, 11) is 1.59. The first-order chi connectivity index (χ1) is 14.9. The highest BCUT2D eigenvalue weighted by atomic mass is 32.1. The number of carbonyl (C=O) groups excluding carboxylic acids is 2. The number of anilines is 1. The lowest BCUT2D eigenvalue weighted by Gasteiger charge is -2.21. The Bertz CT molecular complexity index is 1040. The number of aromatic nitrogens is 2. The largest absolute Gasteiger partial charge is 0.497 e. The van der Waals surface area contributed by atoms with Crippen molar-refractivity contribution in [2.24, 2.45) is 5.92 Å². The molecular weight excluding hydrogens is 419 g/mol. The number of rotatable bonds is 8. The molecule has 0 aliphatic heterocycles. The van der Waals surface area contributed by atoms with Crippen molar-refractivity contribution in [3.8, 4) is 16.3 Å². The molecule has 0 aliphatic rings. The fourth-order valence-electron chi connectivity index (χ4n) is 2.85. The van der Waals surface area contributed by atoms with E-state index < -0.39 is 6.04 Å². The highest BCUT2D eigenvalue weighted by Gasteiger charge is 2.25. The summed E-state index contributed by atoms with van der Waals surface area (Å²) in [6, 6.07) is 12.3. The van der Waals surface area contributed by atoms with Crippen molar-refractivity contribution < 1.29 is 18.7 Å². The Labute approximate surface area is 183 Å². The minimum atomic E-state index is -0.749. The molecule has 0 bridgehead atoms. The summed E-state index contributed by atoms with van der Waals surface area (Å²) in [4.78, 5) is 25.2. The molecule has 0 radical (unpaired) electrons. The molecule has 1 heterocycles. The van der Waals surface area contributed by atoms with Gasteiger partial charge in [0, 0.05) is 5.56 Å². The van der Waals surface area contributed by atoms with Crippen LogP contribution in [0.5, 0.6) is 5.75 Å². The van der Waals surface area contributed by atoms with Crippen LogP contribution in [0, 0.1) is 11.7 Å². The topological polar surface area (TPSA) is 93.2 Å². The van der Waals surface area contributed by atoms with E-state index in [4.69, 9.17) is 4.74 Å². The van der Waals surface area contributed by atoms with Crippen LogP contribution >= 0.6 is 11.3 Å². The number of hydrogen-bond donors (Lipinski definition) is 2. The van der Waals surface area contributed by atoms with Crippen molar-refractivity contribution in [1.82, 2.24) is 15.5 Å². The monoisotopic (exact) mass is 442 g/mol. The van der Waals surface area contributed by atoms with Crippen LogP contribution in [-0.2, 0) is 16.0 Å². The molecule has 3 aromatic rings. The van der Waals surface area contributed by atoms with Crippen LogP contribution in [0.25, 0.3) is 10.6 Å². The lowest BCUT2D eigenvalue weighted by atomic mass is 10.0. The molecule has 0 aliphatic carbocycles. The van der Waals surface area contributed by atoms with Gasteiger partial charge in [0.05, 0.1) is 13.5 Å². The molecule has 162 valence electrons.